The van der Waals surface area contributed by atoms with Gasteiger partial charge in [0.25, 0.3) is 0 Å². The van der Waals surface area contributed by atoms with Crippen LogP contribution in [-0.2, 0) is 6.54 Å². The fourth-order valence-electron chi connectivity index (χ4n) is 3.36. The van der Waals surface area contributed by atoms with Crippen molar-refractivity contribution < 1.29 is 9.50 Å². The van der Waals surface area contributed by atoms with Crippen LogP contribution in [0.15, 0.2) is 54.6 Å². The molecule has 0 saturated carbocycles. The molecule has 2 aromatic rings. The van der Waals surface area contributed by atoms with Crippen LogP contribution in [-0.4, -0.2) is 23.1 Å². The largest absolute Gasteiger partial charge is 0.388 e. The van der Waals surface area contributed by atoms with Crippen LogP contribution in [0, 0.1) is 11.7 Å². The number of likely N-dealkylation sites (tertiary alicyclic amines) is 1. The van der Waals surface area contributed by atoms with E-state index >= 15 is 0 Å². The highest BCUT2D eigenvalue weighted by Gasteiger charge is 2.22. The van der Waals surface area contributed by atoms with Gasteiger partial charge in [-0.1, -0.05) is 42.5 Å². The molecule has 0 radical (unpaired) electrons. The summed E-state index contributed by atoms with van der Waals surface area (Å²) in [6.45, 7) is 3.17. The first-order valence-corrected chi connectivity index (χ1v) is 8.40. The molecule has 2 nitrogen and oxygen atoms in total. The maximum Gasteiger partial charge on any atom is 0.123 e. The highest BCUT2D eigenvalue weighted by Crippen LogP contribution is 2.28. The number of benzene rings is 2. The summed E-state index contributed by atoms with van der Waals surface area (Å²) >= 11 is 0. The SMILES string of the molecule is O[C@H](CC1CCN(Cc2ccccc2)CC1)c1ccc(F)cc1. The second kappa shape index (κ2) is 7.71. The third-order valence-corrected chi connectivity index (χ3v) is 4.77. The molecule has 0 aliphatic carbocycles. The Labute approximate surface area is 137 Å². The molecule has 2 aromatic carbocycles. The molecule has 0 aromatic heterocycles. The van der Waals surface area contributed by atoms with Crippen molar-refractivity contribution in [1.29, 1.82) is 0 Å². The first-order chi connectivity index (χ1) is 11.2. The van der Waals surface area contributed by atoms with Gasteiger partial charge >= 0.3 is 0 Å². The Morgan fingerprint density at radius 1 is 1.00 bits per heavy atom. The van der Waals surface area contributed by atoms with Gasteiger partial charge in [0.1, 0.15) is 5.82 Å². The average Bonchev–Trinajstić information content (AvgIpc) is 2.58. The first-order valence-electron chi connectivity index (χ1n) is 8.40. The number of rotatable bonds is 5. The molecule has 1 heterocycles. The topological polar surface area (TPSA) is 23.5 Å². The van der Waals surface area contributed by atoms with Gasteiger partial charge in [-0.25, -0.2) is 4.39 Å². The molecule has 23 heavy (non-hydrogen) atoms. The number of nitrogens with zero attached hydrogens (tertiary/aromatic N) is 1. The first kappa shape index (κ1) is 16.2. The van der Waals surface area contributed by atoms with Crippen LogP contribution < -0.4 is 0 Å². The Bertz CT molecular complexity index is 591. The monoisotopic (exact) mass is 313 g/mol. The summed E-state index contributed by atoms with van der Waals surface area (Å²) in [5.74, 6) is 0.289. The van der Waals surface area contributed by atoms with Gasteiger partial charge in [0.05, 0.1) is 6.10 Å². The normalized spacial score (nSPS) is 18.0. The molecule has 0 spiro atoms. The predicted molar refractivity (Wildman–Crippen MR) is 90.4 cm³/mol. The summed E-state index contributed by atoms with van der Waals surface area (Å²) in [6.07, 6.45) is 2.52. The lowest BCUT2D eigenvalue weighted by Crippen LogP contribution is -2.33. The van der Waals surface area contributed by atoms with Gasteiger partial charge in [-0.2, -0.15) is 0 Å². The van der Waals surface area contributed by atoms with Crippen molar-refractivity contribution in [1.82, 2.24) is 4.90 Å². The van der Waals surface area contributed by atoms with Crippen molar-refractivity contribution in [3.8, 4) is 0 Å². The fraction of sp³-hybridized carbons (Fsp3) is 0.400. The van der Waals surface area contributed by atoms with Crippen molar-refractivity contribution in [3.63, 3.8) is 0 Å². The minimum absolute atomic E-state index is 0.254. The minimum atomic E-state index is -0.485. The van der Waals surface area contributed by atoms with E-state index in [0.717, 1.165) is 44.5 Å². The highest BCUT2D eigenvalue weighted by molar-refractivity contribution is 5.18. The molecule has 1 fully saturated rings. The Morgan fingerprint density at radius 3 is 2.30 bits per heavy atom. The summed E-state index contributed by atoms with van der Waals surface area (Å²) in [4.78, 5) is 2.48. The van der Waals surface area contributed by atoms with Crippen LogP contribution in [0.3, 0.4) is 0 Å². The van der Waals surface area contributed by atoms with E-state index in [4.69, 9.17) is 0 Å². The van der Waals surface area contributed by atoms with E-state index in [1.807, 2.05) is 6.07 Å². The number of hydrogen-bond donors (Lipinski definition) is 1. The smallest absolute Gasteiger partial charge is 0.123 e. The number of aliphatic hydroxyl groups is 1. The zero-order valence-corrected chi connectivity index (χ0v) is 13.4. The lowest BCUT2D eigenvalue weighted by molar-refractivity contribution is 0.106. The van der Waals surface area contributed by atoms with E-state index in [1.54, 1.807) is 12.1 Å². The second-order valence-corrected chi connectivity index (χ2v) is 6.51. The van der Waals surface area contributed by atoms with E-state index in [0.29, 0.717) is 5.92 Å². The summed E-state index contributed by atoms with van der Waals surface area (Å²) in [7, 11) is 0. The number of halogens is 1. The fourth-order valence-corrected chi connectivity index (χ4v) is 3.36. The van der Waals surface area contributed by atoms with Crippen LogP contribution in [0.1, 0.15) is 36.5 Å². The van der Waals surface area contributed by atoms with Crippen LogP contribution in [0.2, 0.25) is 0 Å². The van der Waals surface area contributed by atoms with Gasteiger partial charge in [-0.3, -0.25) is 4.90 Å². The third-order valence-electron chi connectivity index (χ3n) is 4.77. The summed E-state index contributed by atoms with van der Waals surface area (Å²) < 4.78 is 12.9. The second-order valence-electron chi connectivity index (χ2n) is 6.51. The maximum atomic E-state index is 12.9. The molecular formula is C20H24FNO. The van der Waals surface area contributed by atoms with E-state index in [-0.39, 0.29) is 5.82 Å². The van der Waals surface area contributed by atoms with Gasteiger partial charge in [-0.05, 0) is 61.5 Å². The number of hydrogen-bond acceptors (Lipinski definition) is 2. The van der Waals surface area contributed by atoms with E-state index in [1.165, 1.54) is 17.7 Å². The lowest BCUT2D eigenvalue weighted by Gasteiger charge is -2.33. The van der Waals surface area contributed by atoms with Gasteiger partial charge < -0.3 is 5.11 Å². The number of aliphatic hydroxyl groups excluding tert-OH is 1. The summed E-state index contributed by atoms with van der Waals surface area (Å²) in [6, 6.07) is 16.8. The zero-order chi connectivity index (χ0) is 16.1. The van der Waals surface area contributed by atoms with Crippen molar-refractivity contribution in [2.24, 2.45) is 5.92 Å². The Hall–Kier alpha value is -1.71. The van der Waals surface area contributed by atoms with Crippen molar-refractivity contribution in [3.05, 3.63) is 71.5 Å². The zero-order valence-electron chi connectivity index (χ0n) is 13.4. The standard InChI is InChI=1S/C20H24FNO/c21-19-8-6-18(7-9-19)20(23)14-16-10-12-22(13-11-16)15-17-4-2-1-3-5-17/h1-9,16,20,23H,10-15H2/t20-/m1/s1. The Kier molecular flexibility index (Phi) is 5.42. The molecule has 0 amide bonds. The van der Waals surface area contributed by atoms with E-state index in [9.17, 15) is 9.50 Å². The molecule has 1 aliphatic heterocycles. The lowest BCUT2D eigenvalue weighted by atomic mass is 9.89. The van der Waals surface area contributed by atoms with Crippen molar-refractivity contribution in [2.75, 3.05) is 13.1 Å². The molecular weight excluding hydrogens is 289 g/mol. The van der Waals surface area contributed by atoms with Gasteiger partial charge in [0, 0.05) is 6.54 Å². The average molecular weight is 313 g/mol. The molecule has 1 saturated heterocycles. The number of piperidine rings is 1. The van der Waals surface area contributed by atoms with E-state index in [2.05, 4.69) is 29.2 Å². The van der Waals surface area contributed by atoms with Crippen LogP contribution >= 0.6 is 0 Å². The third kappa shape index (κ3) is 4.63. The van der Waals surface area contributed by atoms with Crippen LogP contribution in [0.4, 0.5) is 4.39 Å². The molecule has 1 atom stereocenters. The highest BCUT2D eigenvalue weighted by atomic mass is 19.1. The Balaban J connectivity index is 1.46. The summed E-state index contributed by atoms with van der Waals surface area (Å²) in [5.41, 5.74) is 2.18. The predicted octanol–water partition coefficient (Wildman–Crippen LogP) is 4.16. The maximum absolute atomic E-state index is 12.9. The van der Waals surface area contributed by atoms with Crippen LogP contribution in [0.5, 0.6) is 0 Å². The summed E-state index contributed by atoms with van der Waals surface area (Å²) in [5, 5.41) is 10.3. The molecule has 3 rings (SSSR count). The molecule has 0 bridgehead atoms. The Morgan fingerprint density at radius 2 is 1.65 bits per heavy atom. The van der Waals surface area contributed by atoms with Crippen molar-refractivity contribution >= 4 is 0 Å². The molecule has 3 heteroatoms. The molecule has 1 N–H and O–H groups in total. The van der Waals surface area contributed by atoms with Crippen LogP contribution in [0.25, 0.3) is 0 Å². The van der Waals surface area contributed by atoms with Gasteiger partial charge in [-0.15, -0.1) is 0 Å². The quantitative estimate of drug-likeness (QED) is 0.896. The molecule has 122 valence electrons. The molecule has 0 unspecified atom stereocenters. The van der Waals surface area contributed by atoms with E-state index < -0.39 is 6.10 Å². The van der Waals surface area contributed by atoms with Gasteiger partial charge in [0.2, 0.25) is 0 Å². The van der Waals surface area contributed by atoms with Gasteiger partial charge in [0.15, 0.2) is 0 Å². The van der Waals surface area contributed by atoms with Crippen molar-refractivity contribution in [2.45, 2.75) is 31.9 Å². The minimum Gasteiger partial charge on any atom is -0.388 e. The molecule has 1 aliphatic rings.